The van der Waals surface area contributed by atoms with Gasteiger partial charge in [0.1, 0.15) is 11.5 Å². The second-order valence-electron chi connectivity index (χ2n) is 6.08. The van der Waals surface area contributed by atoms with Gasteiger partial charge < -0.3 is 20.4 Å². The van der Waals surface area contributed by atoms with Gasteiger partial charge in [0.05, 0.1) is 5.56 Å². The summed E-state index contributed by atoms with van der Waals surface area (Å²) in [6, 6.07) is 5.44. The van der Waals surface area contributed by atoms with Crippen LogP contribution in [-0.2, 0) is 0 Å². The fraction of sp³-hybridized carbons (Fsp3) is 0.625. The second-order valence-corrected chi connectivity index (χ2v) is 6.08. The second kappa shape index (κ2) is 6.46. The van der Waals surface area contributed by atoms with Gasteiger partial charge >= 0.3 is 0 Å². The Hall–Kier alpha value is -1.26. The van der Waals surface area contributed by atoms with Crippen LogP contribution in [0.2, 0.25) is 0 Å². The topological polar surface area (TPSA) is 55.7 Å². The molecule has 0 saturated carbocycles. The van der Waals surface area contributed by atoms with Gasteiger partial charge in [-0.1, -0.05) is 6.07 Å². The van der Waals surface area contributed by atoms with Gasteiger partial charge in [-0.2, -0.15) is 0 Å². The molecule has 1 aliphatic rings. The highest BCUT2D eigenvalue weighted by atomic mass is 16.3. The van der Waals surface area contributed by atoms with Crippen LogP contribution in [0.1, 0.15) is 38.8 Å². The number of nitrogens with one attached hydrogen (secondary N) is 1. The van der Waals surface area contributed by atoms with E-state index in [9.17, 15) is 10.2 Å². The lowest BCUT2D eigenvalue weighted by Gasteiger charge is -2.22. The maximum Gasteiger partial charge on any atom is 0.124 e. The zero-order valence-corrected chi connectivity index (χ0v) is 12.6. The average molecular weight is 278 g/mol. The number of aromatic hydroxyl groups is 2. The summed E-state index contributed by atoms with van der Waals surface area (Å²) in [7, 11) is 0. The molecule has 1 saturated heterocycles. The summed E-state index contributed by atoms with van der Waals surface area (Å²) in [4.78, 5) is 2.49. The smallest absolute Gasteiger partial charge is 0.124 e. The molecule has 112 valence electrons. The highest BCUT2D eigenvalue weighted by Crippen LogP contribution is 2.32. The molecular weight excluding hydrogens is 252 g/mol. The van der Waals surface area contributed by atoms with Gasteiger partial charge in [0, 0.05) is 18.6 Å². The number of phenols is 2. The normalized spacial score (nSPS) is 21.5. The molecule has 0 aliphatic carbocycles. The standard InChI is InChI=1S/C16H26N2O2/c1-11(2)18-8-7-13(10-18)9-17-12(3)16-14(19)5-4-6-15(16)20/h4-6,11-13,17,19-20H,7-10H2,1-3H3. The lowest BCUT2D eigenvalue weighted by atomic mass is 10.0. The van der Waals surface area contributed by atoms with Crippen molar-refractivity contribution in [2.75, 3.05) is 19.6 Å². The van der Waals surface area contributed by atoms with Gasteiger partial charge in [-0.25, -0.2) is 0 Å². The van der Waals surface area contributed by atoms with E-state index >= 15 is 0 Å². The van der Waals surface area contributed by atoms with Gasteiger partial charge in [-0.05, 0) is 58.3 Å². The van der Waals surface area contributed by atoms with Crippen molar-refractivity contribution in [2.24, 2.45) is 5.92 Å². The Morgan fingerprint density at radius 2 is 1.90 bits per heavy atom. The van der Waals surface area contributed by atoms with Gasteiger partial charge in [-0.3, -0.25) is 0 Å². The number of benzene rings is 1. The van der Waals surface area contributed by atoms with Gasteiger partial charge in [-0.15, -0.1) is 0 Å². The molecule has 1 fully saturated rings. The highest BCUT2D eigenvalue weighted by molar-refractivity contribution is 5.44. The number of likely N-dealkylation sites (tertiary alicyclic amines) is 1. The molecule has 1 heterocycles. The fourth-order valence-electron chi connectivity index (χ4n) is 2.93. The van der Waals surface area contributed by atoms with Crippen LogP contribution in [0.15, 0.2) is 18.2 Å². The van der Waals surface area contributed by atoms with E-state index in [-0.39, 0.29) is 17.5 Å². The molecule has 0 aromatic heterocycles. The van der Waals surface area contributed by atoms with Crippen molar-refractivity contribution >= 4 is 0 Å². The molecule has 2 atom stereocenters. The summed E-state index contributed by atoms with van der Waals surface area (Å²) in [6.45, 7) is 9.66. The zero-order chi connectivity index (χ0) is 14.7. The van der Waals surface area contributed by atoms with Crippen LogP contribution in [0.5, 0.6) is 11.5 Å². The van der Waals surface area contributed by atoms with Crippen molar-refractivity contribution in [3.05, 3.63) is 23.8 Å². The number of rotatable bonds is 5. The Morgan fingerprint density at radius 1 is 1.25 bits per heavy atom. The predicted octanol–water partition coefficient (Wildman–Crippen LogP) is 2.48. The van der Waals surface area contributed by atoms with Gasteiger partial charge in [0.25, 0.3) is 0 Å². The average Bonchev–Trinajstić information content (AvgIpc) is 2.85. The minimum absolute atomic E-state index is 0.0516. The third kappa shape index (κ3) is 3.44. The van der Waals surface area contributed by atoms with E-state index in [1.807, 2.05) is 6.92 Å². The maximum atomic E-state index is 9.86. The first kappa shape index (κ1) is 15.1. The molecule has 0 radical (unpaired) electrons. The lowest BCUT2D eigenvalue weighted by molar-refractivity contribution is 0.263. The van der Waals surface area contributed by atoms with Crippen LogP contribution < -0.4 is 5.32 Å². The Kier molecular flexibility index (Phi) is 4.89. The molecule has 20 heavy (non-hydrogen) atoms. The third-order valence-electron chi connectivity index (χ3n) is 4.25. The summed E-state index contributed by atoms with van der Waals surface area (Å²) < 4.78 is 0. The molecule has 1 aliphatic heterocycles. The zero-order valence-electron chi connectivity index (χ0n) is 12.6. The van der Waals surface area contributed by atoms with Crippen molar-refractivity contribution in [1.29, 1.82) is 0 Å². The van der Waals surface area contributed by atoms with Gasteiger partial charge in [0.2, 0.25) is 0 Å². The fourth-order valence-corrected chi connectivity index (χ4v) is 2.93. The predicted molar refractivity (Wildman–Crippen MR) is 81.0 cm³/mol. The summed E-state index contributed by atoms with van der Waals surface area (Å²) in [5.74, 6) is 0.952. The van der Waals surface area contributed by atoms with E-state index in [0.717, 1.165) is 13.1 Å². The maximum absolute atomic E-state index is 9.86. The monoisotopic (exact) mass is 278 g/mol. The Morgan fingerprint density at radius 3 is 2.45 bits per heavy atom. The van der Waals surface area contributed by atoms with Crippen LogP contribution in [0.4, 0.5) is 0 Å². The first-order valence-electron chi connectivity index (χ1n) is 7.47. The van der Waals surface area contributed by atoms with Crippen molar-refractivity contribution in [3.63, 3.8) is 0 Å². The Bertz CT molecular complexity index is 428. The minimum atomic E-state index is -0.0516. The van der Waals surface area contributed by atoms with Crippen LogP contribution in [0.25, 0.3) is 0 Å². The van der Waals surface area contributed by atoms with Crippen LogP contribution in [-0.4, -0.2) is 40.8 Å². The number of phenolic OH excluding ortho intramolecular Hbond substituents is 2. The molecular formula is C16H26N2O2. The molecule has 0 bridgehead atoms. The Labute approximate surface area is 121 Å². The summed E-state index contributed by atoms with van der Waals surface area (Å²) >= 11 is 0. The summed E-state index contributed by atoms with van der Waals surface area (Å²) in [5, 5.41) is 23.2. The quantitative estimate of drug-likeness (QED) is 0.774. The van der Waals surface area contributed by atoms with E-state index in [1.54, 1.807) is 18.2 Å². The third-order valence-corrected chi connectivity index (χ3v) is 4.25. The SMILES string of the molecule is CC(NCC1CCN(C(C)C)C1)c1c(O)cccc1O. The number of hydrogen-bond donors (Lipinski definition) is 3. The van der Waals surface area contributed by atoms with Crippen molar-refractivity contribution in [3.8, 4) is 11.5 Å². The molecule has 1 aromatic carbocycles. The molecule has 0 spiro atoms. The van der Waals surface area contributed by atoms with Crippen molar-refractivity contribution < 1.29 is 10.2 Å². The molecule has 0 amide bonds. The van der Waals surface area contributed by atoms with E-state index in [1.165, 1.54) is 13.0 Å². The Balaban J connectivity index is 1.88. The summed E-state index contributed by atoms with van der Waals surface area (Å²) in [5.41, 5.74) is 0.589. The molecule has 4 nitrogen and oxygen atoms in total. The molecule has 4 heteroatoms. The lowest BCUT2D eigenvalue weighted by Crippen LogP contribution is -2.31. The van der Waals surface area contributed by atoms with E-state index in [4.69, 9.17) is 0 Å². The molecule has 1 aromatic rings. The van der Waals surface area contributed by atoms with Crippen molar-refractivity contribution in [1.82, 2.24) is 10.2 Å². The largest absolute Gasteiger partial charge is 0.507 e. The number of hydrogen-bond acceptors (Lipinski definition) is 4. The first-order valence-corrected chi connectivity index (χ1v) is 7.47. The van der Waals surface area contributed by atoms with Gasteiger partial charge in [0.15, 0.2) is 0 Å². The van der Waals surface area contributed by atoms with Crippen LogP contribution in [0, 0.1) is 5.92 Å². The van der Waals surface area contributed by atoms with Crippen molar-refractivity contribution in [2.45, 2.75) is 39.3 Å². The highest BCUT2D eigenvalue weighted by Gasteiger charge is 2.25. The molecule has 2 rings (SSSR count). The first-order chi connectivity index (χ1) is 9.49. The van der Waals surface area contributed by atoms with E-state index in [0.29, 0.717) is 17.5 Å². The van der Waals surface area contributed by atoms with E-state index in [2.05, 4.69) is 24.1 Å². The molecule has 2 unspecified atom stereocenters. The molecule has 3 N–H and O–H groups in total. The summed E-state index contributed by atoms with van der Waals surface area (Å²) in [6.07, 6.45) is 1.21. The van der Waals surface area contributed by atoms with E-state index < -0.39 is 0 Å². The van der Waals surface area contributed by atoms with Crippen LogP contribution >= 0.6 is 0 Å². The number of nitrogens with zero attached hydrogens (tertiary/aromatic N) is 1. The minimum Gasteiger partial charge on any atom is -0.507 e. The van der Waals surface area contributed by atoms with Crippen LogP contribution in [0.3, 0.4) is 0 Å².